The topological polar surface area (TPSA) is 79.0 Å². The van der Waals surface area contributed by atoms with Gasteiger partial charge in [-0.25, -0.2) is 8.42 Å². The van der Waals surface area contributed by atoms with Gasteiger partial charge in [0.15, 0.2) is 0 Å². The number of carbonyl (C=O) groups is 1. The molecule has 1 aliphatic rings. The number of rotatable bonds is 6. The summed E-state index contributed by atoms with van der Waals surface area (Å²) < 4.78 is 33.5. The number of hydrogen-bond acceptors (Lipinski definition) is 5. The number of hydrogen-bond donors (Lipinski definition) is 1. The number of halogens is 1. The number of benzene rings is 3. The fraction of sp³-hybridized carbons (Fsp3) is 0.208. The van der Waals surface area contributed by atoms with Crippen LogP contribution < -0.4 is 14.4 Å². The van der Waals surface area contributed by atoms with Crippen molar-refractivity contribution < 1.29 is 17.9 Å². The number of para-hydroxylation sites is 1. The van der Waals surface area contributed by atoms with Crippen LogP contribution in [0.15, 0.2) is 77.7 Å². The van der Waals surface area contributed by atoms with E-state index in [1.54, 1.807) is 36.3 Å². The smallest absolute Gasteiger partial charge is 0.261 e. The average molecular weight is 486 g/mol. The number of nitrogens with one attached hydrogen (secondary N) is 1. The highest BCUT2D eigenvalue weighted by molar-refractivity contribution is 7.92. The molecule has 172 valence electrons. The minimum absolute atomic E-state index is 0.0704. The number of ether oxygens (including phenoxy) is 1. The zero-order valence-electron chi connectivity index (χ0n) is 18.1. The molecule has 1 N–H and O–H groups in total. The molecule has 1 aliphatic heterocycles. The van der Waals surface area contributed by atoms with E-state index in [1.165, 1.54) is 24.3 Å². The minimum Gasteiger partial charge on any atom is -0.497 e. The second-order valence-electron chi connectivity index (χ2n) is 7.59. The van der Waals surface area contributed by atoms with Crippen molar-refractivity contribution in [3.05, 3.63) is 83.4 Å². The van der Waals surface area contributed by atoms with Crippen LogP contribution in [-0.2, 0) is 10.0 Å². The Kier molecular flexibility index (Phi) is 6.76. The van der Waals surface area contributed by atoms with E-state index in [9.17, 15) is 13.2 Å². The van der Waals surface area contributed by atoms with Crippen LogP contribution in [0.2, 0.25) is 5.02 Å². The third kappa shape index (κ3) is 5.23. The van der Waals surface area contributed by atoms with Gasteiger partial charge in [-0.3, -0.25) is 9.52 Å². The molecule has 3 aromatic rings. The summed E-state index contributed by atoms with van der Waals surface area (Å²) in [6, 6.07) is 20.3. The van der Waals surface area contributed by atoms with Crippen LogP contribution in [0.1, 0.15) is 10.4 Å². The fourth-order valence-corrected chi connectivity index (χ4v) is 4.93. The highest BCUT2D eigenvalue weighted by atomic mass is 35.5. The third-order valence-electron chi connectivity index (χ3n) is 5.51. The van der Waals surface area contributed by atoms with Crippen LogP contribution in [0.3, 0.4) is 0 Å². The van der Waals surface area contributed by atoms with Gasteiger partial charge in [-0.05, 0) is 48.5 Å². The Morgan fingerprint density at radius 3 is 2.33 bits per heavy atom. The van der Waals surface area contributed by atoms with Crippen molar-refractivity contribution >= 4 is 38.9 Å². The first-order chi connectivity index (χ1) is 15.9. The number of sulfonamides is 1. The molecular weight excluding hydrogens is 462 g/mol. The molecule has 1 amide bonds. The number of carbonyl (C=O) groups excluding carboxylic acids is 1. The molecule has 0 saturated carbocycles. The highest BCUT2D eigenvalue weighted by Crippen LogP contribution is 2.25. The molecule has 0 spiro atoms. The van der Waals surface area contributed by atoms with Crippen molar-refractivity contribution in [2.75, 3.05) is 42.9 Å². The minimum atomic E-state index is -3.87. The van der Waals surface area contributed by atoms with Crippen LogP contribution in [0.5, 0.6) is 5.75 Å². The SMILES string of the molecule is COc1cccc(N2CCN(C(=O)c3ccccc3NS(=O)(=O)c3ccc(Cl)cc3)CC2)c1. The second-order valence-corrected chi connectivity index (χ2v) is 9.70. The molecule has 9 heteroatoms. The Labute approximate surface area is 198 Å². The molecule has 0 radical (unpaired) electrons. The van der Waals surface area contributed by atoms with Gasteiger partial charge >= 0.3 is 0 Å². The van der Waals surface area contributed by atoms with E-state index in [0.717, 1.165) is 11.4 Å². The van der Waals surface area contributed by atoms with Gasteiger partial charge in [0.25, 0.3) is 15.9 Å². The Hall–Kier alpha value is -3.23. The van der Waals surface area contributed by atoms with Gasteiger partial charge in [0.2, 0.25) is 0 Å². The molecule has 0 aromatic heterocycles. The van der Waals surface area contributed by atoms with Gasteiger partial charge in [-0.15, -0.1) is 0 Å². The number of anilines is 2. The summed E-state index contributed by atoms with van der Waals surface area (Å²) in [5.74, 6) is 0.572. The first-order valence-electron chi connectivity index (χ1n) is 10.4. The molecule has 33 heavy (non-hydrogen) atoms. The van der Waals surface area contributed by atoms with Gasteiger partial charge in [-0.2, -0.15) is 0 Å². The molecule has 1 heterocycles. The molecule has 0 aliphatic carbocycles. The predicted molar refractivity (Wildman–Crippen MR) is 130 cm³/mol. The van der Waals surface area contributed by atoms with E-state index >= 15 is 0 Å². The summed E-state index contributed by atoms with van der Waals surface area (Å²) in [5.41, 5.74) is 1.59. The van der Waals surface area contributed by atoms with Gasteiger partial charge in [0, 0.05) is 43.0 Å². The molecule has 7 nitrogen and oxygen atoms in total. The van der Waals surface area contributed by atoms with Crippen molar-refractivity contribution in [1.82, 2.24) is 4.90 Å². The summed E-state index contributed by atoms with van der Waals surface area (Å²) in [4.78, 5) is 17.3. The van der Waals surface area contributed by atoms with Gasteiger partial charge in [-0.1, -0.05) is 29.8 Å². The fourth-order valence-electron chi connectivity index (χ4n) is 3.72. The van der Waals surface area contributed by atoms with Crippen LogP contribution in [0.25, 0.3) is 0 Å². The number of methoxy groups -OCH3 is 1. The molecule has 3 aromatic carbocycles. The first-order valence-corrected chi connectivity index (χ1v) is 12.3. The maximum absolute atomic E-state index is 13.3. The maximum Gasteiger partial charge on any atom is 0.261 e. The normalized spacial score (nSPS) is 14.1. The third-order valence-corrected chi connectivity index (χ3v) is 7.14. The van der Waals surface area contributed by atoms with E-state index < -0.39 is 10.0 Å². The predicted octanol–water partition coefficient (Wildman–Crippen LogP) is 4.11. The van der Waals surface area contributed by atoms with Gasteiger partial charge in [0.05, 0.1) is 23.3 Å². The monoisotopic (exact) mass is 485 g/mol. The van der Waals surface area contributed by atoms with Crippen molar-refractivity contribution in [2.45, 2.75) is 4.90 Å². The molecule has 1 saturated heterocycles. The summed E-state index contributed by atoms with van der Waals surface area (Å²) >= 11 is 5.86. The zero-order valence-corrected chi connectivity index (χ0v) is 19.6. The van der Waals surface area contributed by atoms with E-state index in [-0.39, 0.29) is 16.5 Å². The summed E-state index contributed by atoms with van der Waals surface area (Å²) in [7, 11) is -2.23. The molecule has 0 bridgehead atoms. The summed E-state index contributed by atoms with van der Waals surface area (Å²) in [6.07, 6.45) is 0. The van der Waals surface area contributed by atoms with Crippen molar-refractivity contribution in [1.29, 1.82) is 0 Å². The Balaban J connectivity index is 1.48. The Bertz CT molecular complexity index is 1240. The second kappa shape index (κ2) is 9.72. The lowest BCUT2D eigenvalue weighted by atomic mass is 10.1. The Morgan fingerprint density at radius 2 is 1.64 bits per heavy atom. The molecule has 0 atom stereocenters. The molecule has 0 unspecified atom stereocenters. The number of piperazine rings is 1. The quantitative estimate of drug-likeness (QED) is 0.568. The van der Waals surface area contributed by atoms with E-state index in [0.29, 0.717) is 36.8 Å². The van der Waals surface area contributed by atoms with E-state index in [2.05, 4.69) is 9.62 Å². The maximum atomic E-state index is 13.3. The summed E-state index contributed by atoms with van der Waals surface area (Å²) in [6.45, 7) is 2.37. The lowest BCUT2D eigenvalue weighted by Crippen LogP contribution is -2.49. The van der Waals surface area contributed by atoms with E-state index in [1.807, 2.05) is 24.3 Å². The van der Waals surface area contributed by atoms with Gasteiger partial charge in [0.1, 0.15) is 5.75 Å². The molecule has 1 fully saturated rings. The van der Waals surface area contributed by atoms with Crippen molar-refractivity contribution in [2.24, 2.45) is 0 Å². The molecular formula is C24H24ClN3O4S. The van der Waals surface area contributed by atoms with Crippen LogP contribution >= 0.6 is 11.6 Å². The standard InChI is InChI=1S/C24H24ClN3O4S/c1-32-20-6-4-5-19(17-20)27-13-15-28(16-14-27)24(29)22-7-2-3-8-23(22)26-33(30,31)21-11-9-18(25)10-12-21/h2-12,17,26H,13-16H2,1H3. The van der Waals surface area contributed by atoms with Crippen LogP contribution in [0, 0.1) is 0 Å². The average Bonchev–Trinajstić information content (AvgIpc) is 2.84. The van der Waals surface area contributed by atoms with Gasteiger partial charge < -0.3 is 14.5 Å². The van der Waals surface area contributed by atoms with Crippen LogP contribution in [0.4, 0.5) is 11.4 Å². The van der Waals surface area contributed by atoms with Crippen molar-refractivity contribution in [3.8, 4) is 5.75 Å². The highest BCUT2D eigenvalue weighted by Gasteiger charge is 2.25. The van der Waals surface area contributed by atoms with Crippen LogP contribution in [-0.4, -0.2) is 52.5 Å². The molecule has 4 rings (SSSR count). The first kappa shape index (κ1) is 22.9. The zero-order chi connectivity index (χ0) is 23.4. The summed E-state index contributed by atoms with van der Waals surface area (Å²) in [5, 5.41) is 0.442. The largest absolute Gasteiger partial charge is 0.497 e. The lowest BCUT2D eigenvalue weighted by Gasteiger charge is -2.36. The van der Waals surface area contributed by atoms with E-state index in [4.69, 9.17) is 16.3 Å². The number of amides is 1. The lowest BCUT2D eigenvalue weighted by molar-refractivity contribution is 0.0748. The Morgan fingerprint density at radius 1 is 0.939 bits per heavy atom. The number of nitrogens with zero attached hydrogens (tertiary/aromatic N) is 2. The van der Waals surface area contributed by atoms with Crippen molar-refractivity contribution in [3.63, 3.8) is 0 Å².